The summed E-state index contributed by atoms with van der Waals surface area (Å²) in [4.78, 5) is 24.5. The van der Waals surface area contributed by atoms with Gasteiger partial charge in [0, 0.05) is 25.2 Å². The Morgan fingerprint density at radius 3 is 2.54 bits per heavy atom. The number of non-ortho nitro benzene ring substituents is 1. The fourth-order valence-corrected chi connectivity index (χ4v) is 3.17. The minimum absolute atomic E-state index is 0.0315. The standard InChI is InChI=1S/C18H18ClN3O4/c19-15-4-3-5-16(18(15)21-10-1-2-11-21)20-17(23)12-26-14-8-6-13(7-9-14)22(24)25/h3-9H,1-2,10-12H2,(H,20,23). The van der Waals surface area contributed by atoms with Crippen LogP contribution in [0.25, 0.3) is 0 Å². The van der Waals surface area contributed by atoms with Gasteiger partial charge in [0.1, 0.15) is 5.75 Å². The van der Waals surface area contributed by atoms with Crippen LogP contribution in [-0.4, -0.2) is 30.5 Å². The predicted molar refractivity (Wildman–Crippen MR) is 100 cm³/mol. The summed E-state index contributed by atoms with van der Waals surface area (Å²) >= 11 is 6.33. The lowest BCUT2D eigenvalue weighted by molar-refractivity contribution is -0.384. The third kappa shape index (κ3) is 4.23. The molecule has 7 nitrogen and oxygen atoms in total. The van der Waals surface area contributed by atoms with Gasteiger partial charge in [-0.3, -0.25) is 14.9 Å². The molecule has 1 aliphatic heterocycles. The van der Waals surface area contributed by atoms with Gasteiger partial charge < -0.3 is 15.0 Å². The maximum atomic E-state index is 12.2. The van der Waals surface area contributed by atoms with Crippen LogP contribution in [0.1, 0.15) is 12.8 Å². The maximum absolute atomic E-state index is 12.2. The highest BCUT2D eigenvalue weighted by Crippen LogP contribution is 2.35. The molecular formula is C18H18ClN3O4. The van der Waals surface area contributed by atoms with Crippen LogP contribution in [0.15, 0.2) is 42.5 Å². The van der Waals surface area contributed by atoms with Gasteiger partial charge in [-0.15, -0.1) is 0 Å². The van der Waals surface area contributed by atoms with Crippen molar-refractivity contribution in [3.05, 3.63) is 57.6 Å². The van der Waals surface area contributed by atoms with Crippen molar-refractivity contribution < 1.29 is 14.5 Å². The average Bonchev–Trinajstić information content (AvgIpc) is 3.14. The summed E-state index contributed by atoms with van der Waals surface area (Å²) in [5.41, 5.74) is 1.45. The largest absolute Gasteiger partial charge is 0.484 e. The minimum atomic E-state index is -0.491. The lowest BCUT2D eigenvalue weighted by Crippen LogP contribution is -2.24. The van der Waals surface area contributed by atoms with Gasteiger partial charge in [0.2, 0.25) is 0 Å². The van der Waals surface area contributed by atoms with E-state index in [1.54, 1.807) is 12.1 Å². The van der Waals surface area contributed by atoms with Gasteiger partial charge in [0.25, 0.3) is 11.6 Å². The number of anilines is 2. The van der Waals surface area contributed by atoms with Crippen molar-refractivity contribution in [1.82, 2.24) is 0 Å². The summed E-state index contributed by atoms with van der Waals surface area (Å²) in [6.45, 7) is 1.61. The second-order valence-corrected chi connectivity index (χ2v) is 6.33. The van der Waals surface area contributed by atoms with Crippen molar-refractivity contribution in [1.29, 1.82) is 0 Å². The Kier molecular flexibility index (Phi) is 5.58. The second kappa shape index (κ2) is 8.05. The molecule has 2 aromatic carbocycles. The number of nitro groups is 1. The summed E-state index contributed by atoms with van der Waals surface area (Å²) < 4.78 is 5.39. The zero-order valence-corrected chi connectivity index (χ0v) is 14.7. The summed E-state index contributed by atoms with van der Waals surface area (Å²) in [6.07, 6.45) is 2.20. The van der Waals surface area contributed by atoms with Crippen LogP contribution in [0, 0.1) is 10.1 Å². The molecule has 0 aliphatic carbocycles. The van der Waals surface area contributed by atoms with Crippen LogP contribution in [-0.2, 0) is 4.79 Å². The number of nitrogens with one attached hydrogen (secondary N) is 1. The Morgan fingerprint density at radius 2 is 1.88 bits per heavy atom. The summed E-state index contributed by atoms with van der Waals surface area (Å²) in [5, 5.41) is 14.1. The normalized spacial score (nSPS) is 13.5. The summed E-state index contributed by atoms with van der Waals surface area (Å²) in [7, 11) is 0. The molecule has 1 aliphatic rings. The van der Waals surface area contributed by atoms with Gasteiger partial charge in [0.05, 0.1) is 21.3 Å². The molecule has 1 heterocycles. The molecule has 1 N–H and O–H groups in total. The topological polar surface area (TPSA) is 84.7 Å². The smallest absolute Gasteiger partial charge is 0.269 e. The predicted octanol–water partition coefficient (Wildman–Crippen LogP) is 3.87. The molecule has 1 saturated heterocycles. The van der Waals surface area contributed by atoms with E-state index >= 15 is 0 Å². The minimum Gasteiger partial charge on any atom is -0.484 e. The van der Waals surface area contributed by atoms with Crippen molar-refractivity contribution in [2.24, 2.45) is 0 Å². The number of halogens is 1. The molecule has 0 saturated carbocycles. The van der Waals surface area contributed by atoms with E-state index < -0.39 is 4.92 Å². The van der Waals surface area contributed by atoms with Gasteiger partial charge in [-0.05, 0) is 37.1 Å². The first kappa shape index (κ1) is 18.0. The SMILES string of the molecule is O=C(COc1ccc([N+](=O)[O-])cc1)Nc1cccc(Cl)c1N1CCCC1. The Morgan fingerprint density at radius 1 is 1.19 bits per heavy atom. The molecule has 0 bridgehead atoms. The molecule has 0 unspecified atom stereocenters. The van der Waals surface area contributed by atoms with Crippen molar-refractivity contribution in [3.8, 4) is 5.75 Å². The maximum Gasteiger partial charge on any atom is 0.269 e. The van der Waals surface area contributed by atoms with E-state index in [-0.39, 0.29) is 18.2 Å². The number of carbonyl (C=O) groups excluding carboxylic acids is 1. The number of rotatable bonds is 6. The Hall–Kier alpha value is -2.80. The first-order valence-corrected chi connectivity index (χ1v) is 8.63. The molecule has 0 aromatic heterocycles. The number of hydrogen-bond donors (Lipinski definition) is 1. The van der Waals surface area contributed by atoms with Gasteiger partial charge in [-0.1, -0.05) is 17.7 Å². The number of nitro benzene ring substituents is 1. The fraction of sp³-hybridized carbons (Fsp3) is 0.278. The van der Waals surface area contributed by atoms with Gasteiger partial charge in [0.15, 0.2) is 6.61 Å². The van der Waals surface area contributed by atoms with E-state index in [9.17, 15) is 14.9 Å². The Bertz CT molecular complexity index is 805. The zero-order valence-electron chi connectivity index (χ0n) is 14.0. The first-order chi connectivity index (χ1) is 12.5. The molecule has 26 heavy (non-hydrogen) atoms. The summed E-state index contributed by atoms with van der Waals surface area (Å²) in [6, 6.07) is 11.0. The second-order valence-electron chi connectivity index (χ2n) is 5.92. The number of nitrogens with zero attached hydrogens (tertiary/aromatic N) is 2. The number of para-hydroxylation sites is 1. The number of benzene rings is 2. The van der Waals surface area contributed by atoms with Gasteiger partial charge in [-0.2, -0.15) is 0 Å². The highest BCUT2D eigenvalue weighted by atomic mass is 35.5. The Labute approximate surface area is 155 Å². The third-order valence-electron chi connectivity index (χ3n) is 4.10. The van der Waals surface area contributed by atoms with Crippen LogP contribution in [0.2, 0.25) is 5.02 Å². The van der Waals surface area contributed by atoms with E-state index in [0.717, 1.165) is 31.6 Å². The number of carbonyl (C=O) groups is 1. The average molecular weight is 376 g/mol. The molecule has 136 valence electrons. The van der Waals surface area contributed by atoms with E-state index in [2.05, 4.69) is 10.2 Å². The van der Waals surface area contributed by atoms with Crippen LogP contribution < -0.4 is 15.0 Å². The molecule has 3 rings (SSSR count). The number of hydrogen-bond acceptors (Lipinski definition) is 5. The van der Waals surface area contributed by atoms with Crippen molar-refractivity contribution in [3.63, 3.8) is 0 Å². The van der Waals surface area contributed by atoms with Crippen LogP contribution in [0.5, 0.6) is 5.75 Å². The molecule has 1 fully saturated rings. The zero-order chi connectivity index (χ0) is 18.5. The van der Waals surface area contributed by atoms with Crippen LogP contribution in [0.3, 0.4) is 0 Å². The lowest BCUT2D eigenvalue weighted by Gasteiger charge is -2.23. The van der Waals surface area contributed by atoms with Crippen molar-refractivity contribution >= 4 is 34.6 Å². The molecular weight excluding hydrogens is 358 g/mol. The van der Waals surface area contributed by atoms with Gasteiger partial charge in [-0.25, -0.2) is 0 Å². The van der Waals surface area contributed by atoms with Crippen LogP contribution in [0.4, 0.5) is 17.1 Å². The van der Waals surface area contributed by atoms with E-state index in [1.165, 1.54) is 24.3 Å². The van der Waals surface area contributed by atoms with E-state index in [1.807, 2.05) is 6.07 Å². The van der Waals surface area contributed by atoms with Crippen LogP contribution >= 0.6 is 11.6 Å². The lowest BCUT2D eigenvalue weighted by atomic mass is 10.2. The highest BCUT2D eigenvalue weighted by molar-refractivity contribution is 6.34. The highest BCUT2D eigenvalue weighted by Gasteiger charge is 2.19. The summed E-state index contributed by atoms with van der Waals surface area (Å²) in [5.74, 6) is 0.0580. The molecule has 1 amide bonds. The quantitative estimate of drug-likeness (QED) is 0.612. The van der Waals surface area contributed by atoms with E-state index in [4.69, 9.17) is 16.3 Å². The van der Waals surface area contributed by atoms with E-state index in [0.29, 0.717) is 16.5 Å². The molecule has 0 atom stereocenters. The first-order valence-electron chi connectivity index (χ1n) is 8.25. The van der Waals surface area contributed by atoms with Gasteiger partial charge >= 0.3 is 0 Å². The Balaban J connectivity index is 1.63. The third-order valence-corrected chi connectivity index (χ3v) is 4.41. The number of amides is 1. The fourth-order valence-electron chi connectivity index (χ4n) is 2.88. The number of ether oxygens (including phenoxy) is 1. The van der Waals surface area contributed by atoms with Crippen molar-refractivity contribution in [2.45, 2.75) is 12.8 Å². The van der Waals surface area contributed by atoms with Crippen molar-refractivity contribution in [2.75, 3.05) is 29.9 Å². The molecule has 0 spiro atoms. The molecule has 0 radical (unpaired) electrons. The molecule has 2 aromatic rings. The monoisotopic (exact) mass is 375 g/mol. The molecule has 8 heteroatoms.